The lowest BCUT2D eigenvalue weighted by molar-refractivity contribution is -0.575. The first-order chi connectivity index (χ1) is 10.7. The fraction of sp³-hybridized carbons (Fsp3) is 1.00. The Morgan fingerprint density at radius 1 is 1.00 bits per heavy atom. The molecule has 1 saturated carbocycles. The maximum absolute atomic E-state index is 13.4. The average molecular weight is 336 g/mol. The molecule has 5 fully saturated rings. The van der Waals surface area contributed by atoms with Crippen molar-refractivity contribution in [1.82, 2.24) is 0 Å². The Kier molecular flexibility index (Phi) is 3.39. The summed E-state index contributed by atoms with van der Waals surface area (Å²) in [6.45, 7) is 5.46. The maximum atomic E-state index is 13.4. The standard InChI is InChI=1S/C16H23F3O4/c1-8-4-5-11-9(2)12(16(17,18)19)20-13-15(11)10(8)6-7-14(3,21-13)22-23-15/h8-13H,4-7H2,1-3H3/t8-,9-,10+,11+,12-,13-,14+,15-/m1/s1. The first-order valence-corrected chi connectivity index (χ1v) is 8.44. The molecule has 0 aromatic heterocycles. The van der Waals surface area contributed by atoms with Crippen LogP contribution in [-0.4, -0.2) is 30.0 Å². The zero-order chi connectivity index (χ0) is 16.6. The lowest BCUT2D eigenvalue weighted by Crippen LogP contribution is -2.71. The summed E-state index contributed by atoms with van der Waals surface area (Å²) < 4.78 is 51.7. The molecule has 0 aromatic carbocycles. The summed E-state index contributed by atoms with van der Waals surface area (Å²) in [6.07, 6.45) is -4.25. The van der Waals surface area contributed by atoms with Crippen molar-refractivity contribution < 1.29 is 32.4 Å². The van der Waals surface area contributed by atoms with Crippen molar-refractivity contribution in [3.8, 4) is 0 Å². The maximum Gasteiger partial charge on any atom is 0.415 e. The number of hydrogen-bond donors (Lipinski definition) is 0. The van der Waals surface area contributed by atoms with Gasteiger partial charge in [0, 0.05) is 12.3 Å². The van der Waals surface area contributed by atoms with Crippen molar-refractivity contribution in [2.45, 2.75) is 76.4 Å². The largest absolute Gasteiger partial charge is 0.415 e. The summed E-state index contributed by atoms with van der Waals surface area (Å²) >= 11 is 0. The second-order valence-corrected chi connectivity index (χ2v) is 7.87. The van der Waals surface area contributed by atoms with Crippen molar-refractivity contribution in [3.05, 3.63) is 0 Å². The predicted molar refractivity (Wildman–Crippen MR) is 72.9 cm³/mol. The Morgan fingerprint density at radius 3 is 2.43 bits per heavy atom. The molecule has 4 heterocycles. The molecule has 7 heteroatoms. The summed E-state index contributed by atoms with van der Waals surface area (Å²) in [4.78, 5) is 11.4. The lowest BCUT2D eigenvalue weighted by Gasteiger charge is -2.60. The minimum absolute atomic E-state index is 0.0900. The first-order valence-electron chi connectivity index (χ1n) is 8.44. The van der Waals surface area contributed by atoms with Gasteiger partial charge in [0.25, 0.3) is 0 Å². The van der Waals surface area contributed by atoms with Crippen LogP contribution in [0.1, 0.15) is 46.5 Å². The Labute approximate surface area is 133 Å². The third-order valence-electron chi connectivity index (χ3n) is 6.48. The van der Waals surface area contributed by atoms with Crippen molar-refractivity contribution in [3.63, 3.8) is 0 Å². The third kappa shape index (κ3) is 2.12. The van der Waals surface area contributed by atoms with E-state index in [-0.39, 0.29) is 11.8 Å². The number of fused-ring (bicyclic) bond motifs is 2. The molecule has 0 radical (unpaired) electrons. The molecule has 23 heavy (non-hydrogen) atoms. The van der Waals surface area contributed by atoms with Gasteiger partial charge in [0.1, 0.15) is 0 Å². The molecule has 132 valence electrons. The minimum atomic E-state index is -4.41. The van der Waals surface area contributed by atoms with E-state index in [0.29, 0.717) is 18.8 Å². The van der Waals surface area contributed by atoms with Crippen LogP contribution in [0.25, 0.3) is 0 Å². The number of alkyl halides is 3. The van der Waals surface area contributed by atoms with E-state index in [2.05, 4.69) is 6.92 Å². The van der Waals surface area contributed by atoms with Crippen LogP contribution in [0.4, 0.5) is 13.2 Å². The SMILES string of the molecule is C[C@H]1[C@H](C(F)(F)F)O[C@@H]2O[C@]3(C)CC[C@H]4[C@H](C)CC[C@@H]1[C@@]24OO3. The summed E-state index contributed by atoms with van der Waals surface area (Å²) in [6, 6.07) is 0. The van der Waals surface area contributed by atoms with Crippen LogP contribution in [-0.2, 0) is 19.2 Å². The second kappa shape index (κ2) is 4.84. The fourth-order valence-corrected chi connectivity index (χ4v) is 5.28. The molecular weight excluding hydrogens is 313 g/mol. The zero-order valence-corrected chi connectivity index (χ0v) is 13.6. The molecule has 2 bridgehead atoms. The van der Waals surface area contributed by atoms with E-state index < -0.39 is 35.9 Å². The van der Waals surface area contributed by atoms with Crippen LogP contribution in [0.3, 0.4) is 0 Å². The second-order valence-electron chi connectivity index (χ2n) is 7.87. The molecule has 0 unspecified atom stereocenters. The van der Waals surface area contributed by atoms with Gasteiger partial charge in [-0.1, -0.05) is 13.8 Å². The molecular formula is C16H23F3O4. The van der Waals surface area contributed by atoms with Crippen LogP contribution in [0, 0.1) is 23.7 Å². The highest BCUT2D eigenvalue weighted by atomic mass is 19.4. The summed E-state index contributed by atoms with van der Waals surface area (Å²) in [5, 5.41) is 0. The molecule has 5 rings (SSSR count). The fourth-order valence-electron chi connectivity index (χ4n) is 5.28. The van der Waals surface area contributed by atoms with Crippen molar-refractivity contribution >= 4 is 0 Å². The minimum Gasteiger partial charge on any atom is -0.336 e. The van der Waals surface area contributed by atoms with Gasteiger partial charge in [0.15, 0.2) is 18.0 Å². The third-order valence-corrected chi connectivity index (χ3v) is 6.48. The monoisotopic (exact) mass is 336 g/mol. The number of hydrogen-bond acceptors (Lipinski definition) is 4. The highest BCUT2D eigenvalue weighted by molar-refractivity contribution is 5.10. The van der Waals surface area contributed by atoms with Crippen LogP contribution in [0.2, 0.25) is 0 Å². The van der Waals surface area contributed by atoms with E-state index in [1.807, 2.05) is 0 Å². The van der Waals surface area contributed by atoms with Gasteiger partial charge >= 0.3 is 6.18 Å². The molecule has 0 aromatic rings. The Hall–Kier alpha value is -0.370. The van der Waals surface area contributed by atoms with Crippen LogP contribution < -0.4 is 0 Å². The van der Waals surface area contributed by atoms with Crippen molar-refractivity contribution in [1.29, 1.82) is 0 Å². The topological polar surface area (TPSA) is 36.9 Å². The van der Waals surface area contributed by atoms with Gasteiger partial charge in [-0.25, -0.2) is 9.78 Å². The van der Waals surface area contributed by atoms with Gasteiger partial charge in [-0.3, -0.25) is 0 Å². The van der Waals surface area contributed by atoms with Crippen LogP contribution in [0.5, 0.6) is 0 Å². The first kappa shape index (κ1) is 16.1. The van der Waals surface area contributed by atoms with Crippen LogP contribution in [0.15, 0.2) is 0 Å². The van der Waals surface area contributed by atoms with Gasteiger partial charge in [-0.15, -0.1) is 0 Å². The summed E-state index contributed by atoms with van der Waals surface area (Å²) in [7, 11) is 0. The van der Waals surface area contributed by atoms with Gasteiger partial charge in [0.05, 0.1) is 0 Å². The van der Waals surface area contributed by atoms with E-state index >= 15 is 0 Å². The Bertz CT molecular complexity index is 498. The van der Waals surface area contributed by atoms with Gasteiger partial charge in [-0.05, 0) is 43.9 Å². The molecule has 4 nitrogen and oxygen atoms in total. The number of halogens is 3. The van der Waals surface area contributed by atoms with Gasteiger partial charge in [0.2, 0.25) is 5.79 Å². The predicted octanol–water partition coefficient (Wildman–Crippen LogP) is 3.80. The summed E-state index contributed by atoms with van der Waals surface area (Å²) in [5.74, 6) is -1.56. The van der Waals surface area contributed by atoms with Gasteiger partial charge < -0.3 is 9.47 Å². The summed E-state index contributed by atoms with van der Waals surface area (Å²) in [5.41, 5.74) is -0.922. The highest BCUT2D eigenvalue weighted by Gasteiger charge is 2.71. The molecule has 1 aliphatic carbocycles. The van der Waals surface area contributed by atoms with E-state index in [4.69, 9.17) is 19.2 Å². The molecule has 4 aliphatic heterocycles. The number of rotatable bonds is 0. The average Bonchev–Trinajstić information content (AvgIpc) is 2.68. The highest BCUT2D eigenvalue weighted by Crippen LogP contribution is 2.61. The number of ether oxygens (including phenoxy) is 2. The van der Waals surface area contributed by atoms with Crippen LogP contribution >= 0.6 is 0 Å². The lowest BCUT2D eigenvalue weighted by atomic mass is 9.57. The molecule has 5 aliphatic rings. The Balaban J connectivity index is 1.79. The molecule has 0 amide bonds. The zero-order valence-electron chi connectivity index (χ0n) is 13.6. The molecule has 1 spiro atoms. The van der Waals surface area contributed by atoms with E-state index in [1.165, 1.54) is 0 Å². The van der Waals surface area contributed by atoms with Crippen molar-refractivity contribution in [2.75, 3.05) is 0 Å². The molecule has 8 atom stereocenters. The van der Waals surface area contributed by atoms with Crippen molar-refractivity contribution in [2.24, 2.45) is 23.7 Å². The molecule has 0 N–H and O–H groups in total. The quantitative estimate of drug-likeness (QED) is 0.631. The normalized spacial score (nSPS) is 56.1. The smallest absolute Gasteiger partial charge is 0.336 e. The molecule has 4 saturated heterocycles. The van der Waals surface area contributed by atoms with E-state index in [1.54, 1.807) is 13.8 Å². The van der Waals surface area contributed by atoms with E-state index in [9.17, 15) is 13.2 Å². The van der Waals surface area contributed by atoms with E-state index in [0.717, 1.165) is 12.8 Å². The van der Waals surface area contributed by atoms with Gasteiger partial charge in [-0.2, -0.15) is 13.2 Å². The Morgan fingerprint density at radius 2 is 1.74 bits per heavy atom.